The summed E-state index contributed by atoms with van der Waals surface area (Å²) in [6.45, 7) is 1.37. The van der Waals surface area contributed by atoms with Gasteiger partial charge in [-0.2, -0.15) is 0 Å². The molecule has 1 saturated carbocycles. The molecule has 2 atom stereocenters. The second kappa shape index (κ2) is 2.09. The Hall–Kier alpha value is -0.410. The van der Waals surface area contributed by atoms with Gasteiger partial charge in [-0.05, 0) is 6.42 Å². The normalized spacial score (nSPS) is 43.2. The van der Waals surface area contributed by atoms with Crippen LogP contribution < -0.4 is 0 Å². The van der Waals surface area contributed by atoms with Gasteiger partial charge in [0.1, 0.15) is 5.60 Å². The van der Waals surface area contributed by atoms with Gasteiger partial charge in [-0.3, -0.25) is 4.79 Å². The number of Topliss-reactive ketones (excluding diaryl/α,β-unsaturated/α-hetero) is 1. The topological polar surface area (TPSA) is 35.5 Å². The van der Waals surface area contributed by atoms with Crippen LogP contribution in [0.3, 0.4) is 0 Å². The smallest absolute Gasteiger partial charge is 0.170 e. The van der Waals surface area contributed by atoms with Gasteiger partial charge >= 0.3 is 0 Å². The zero-order valence-corrected chi connectivity index (χ0v) is 6.91. The molecule has 2 heterocycles. The van der Waals surface area contributed by atoms with Crippen molar-refractivity contribution >= 4 is 5.78 Å². The number of ether oxygens (including phenoxy) is 2. The number of fused-ring (bicyclic) bond motifs is 1. The van der Waals surface area contributed by atoms with Gasteiger partial charge in [0.15, 0.2) is 5.78 Å². The van der Waals surface area contributed by atoms with Crippen LogP contribution in [0.2, 0.25) is 0 Å². The fourth-order valence-corrected chi connectivity index (χ4v) is 2.33. The summed E-state index contributed by atoms with van der Waals surface area (Å²) in [6.07, 6.45) is 2.80. The van der Waals surface area contributed by atoms with E-state index in [4.69, 9.17) is 9.47 Å². The first kappa shape index (κ1) is 7.04. The Balaban J connectivity index is 1.85. The van der Waals surface area contributed by atoms with E-state index in [0.29, 0.717) is 19.0 Å². The van der Waals surface area contributed by atoms with Crippen LogP contribution in [0, 0.1) is 5.92 Å². The van der Waals surface area contributed by atoms with E-state index in [2.05, 4.69) is 0 Å². The highest BCUT2D eigenvalue weighted by molar-refractivity contribution is 5.94. The Bertz CT molecular complexity index is 230. The highest BCUT2D eigenvalue weighted by Gasteiger charge is 2.62. The van der Waals surface area contributed by atoms with Gasteiger partial charge in [0.25, 0.3) is 0 Å². The molecule has 0 aromatic rings. The summed E-state index contributed by atoms with van der Waals surface area (Å²) < 4.78 is 11.0. The van der Waals surface area contributed by atoms with Crippen LogP contribution >= 0.6 is 0 Å². The molecule has 2 unspecified atom stereocenters. The molecular weight excluding hydrogens is 156 g/mol. The summed E-state index contributed by atoms with van der Waals surface area (Å²) in [5.41, 5.74) is -0.411. The highest BCUT2D eigenvalue weighted by Crippen LogP contribution is 2.50. The Morgan fingerprint density at radius 1 is 1.33 bits per heavy atom. The van der Waals surface area contributed by atoms with E-state index in [0.717, 1.165) is 19.3 Å². The van der Waals surface area contributed by atoms with Gasteiger partial charge in [-0.1, -0.05) is 0 Å². The largest absolute Gasteiger partial charge is 0.381 e. The van der Waals surface area contributed by atoms with Crippen molar-refractivity contribution in [2.45, 2.75) is 31.0 Å². The molecule has 0 bridgehead atoms. The van der Waals surface area contributed by atoms with Crippen molar-refractivity contribution in [1.29, 1.82) is 0 Å². The van der Waals surface area contributed by atoms with E-state index in [1.54, 1.807) is 0 Å². The van der Waals surface area contributed by atoms with E-state index < -0.39 is 5.60 Å². The molecule has 0 radical (unpaired) electrons. The molecule has 12 heavy (non-hydrogen) atoms. The molecule has 1 spiro atoms. The number of carbonyl (C=O) groups is 1. The average Bonchev–Trinajstić information content (AvgIpc) is 2.79. The zero-order valence-electron chi connectivity index (χ0n) is 6.91. The first-order valence-corrected chi connectivity index (χ1v) is 4.62. The van der Waals surface area contributed by atoms with Gasteiger partial charge in [-0.25, -0.2) is 0 Å². The Labute approximate surface area is 71.0 Å². The number of hydrogen-bond donors (Lipinski definition) is 0. The van der Waals surface area contributed by atoms with Gasteiger partial charge < -0.3 is 9.47 Å². The Morgan fingerprint density at radius 3 is 2.67 bits per heavy atom. The van der Waals surface area contributed by atoms with Crippen molar-refractivity contribution in [1.82, 2.24) is 0 Å². The Kier molecular flexibility index (Phi) is 1.23. The fraction of sp³-hybridized carbons (Fsp3) is 0.889. The van der Waals surface area contributed by atoms with Crippen LogP contribution in [0.25, 0.3) is 0 Å². The van der Waals surface area contributed by atoms with Gasteiger partial charge in [0.05, 0.1) is 6.10 Å². The summed E-state index contributed by atoms with van der Waals surface area (Å²) >= 11 is 0. The van der Waals surface area contributed by atoms with Crippen LogP contribution in [0.5, 0.6) is 0 Å². The number of ketones is 1. The van der Waals surface area contributed by atoms with Gasteiger partial charge in [-0.15, -0.1) is 0 Å². The third kappa shape index (κ3) is 0.756. The van der Waals surface area contributed by atoms with Crippen LogP contribution in [-0.4, -0.2) is 30.7 Å². The molecule has 2 saturated heterocycles. The van der Waals surface area contributed by atoms with Gasteiger partial charge in [0, 0.05) is 32.0 Å². The maximum absolute atomic E-state index is 11.7. The maximum Gasteiger partial charge on any atom is 0.170 e. The molecule has 3 nitrogen and oxygen atoms in total. The van der Waals surface area contributed by atoms with E-state index in [9.17, 15) is 4.79 Å². The predicted molar refractivity (Wildman–Crippen MR) is 40.8 cm³/mol. The zero-order chi connectivity index (χ0) is 8.18. The molecule has 3 rings (SSSR count). The SMILES string of the molecule is O=C1C2CC2OC12CCOCC2. The summed E-state index contributed by atoms with van der Waals surface area (Å²) in [4.78, 5) is 11.7. The fourth-order valence-electron chi connectivity index (χ4n) is 2.33. The molecule has 66 valence electrons. The van der Waals surface area contributed by atoms with Crippen LogP contribution in [-0.2, 0) is 14.3 Å². The van der Waals surface area contributed by atoms with Crippen molar-refractivity contribution in [2.24, 2.45) is 5.92 Å². The lowest BCUT2D eigenvalue weighted by molar-refractivity contribution is -0.148. The minimum Gasteiger partial charge on any atom is -0.381 e. The third-order valence-corrected chi connectivity index (χ3v) is 3.20. The second-order valence-corrected chi connectivity index (χ2v) is 3.97. The molecule has 3 aliphatic rings. The lowest BCUT2D eigenvalue weighted by Crippen LogP contribution is -2.43. The molecule has 0 aromatic carbocycles. The second-order valence-electron chi connectivity index (χ2n) is 3.97. The van der Waals surface area contributed by atoms with Crippen molar-refractivity contribution < 1.29 is 14.3 Å². The maximum atomic E-state index is 11.7. The number of carbonyl (C=O) groups excluding carboxylic acids is 1. The van der Waals surface area contributed by atoms with Crippen LogP contribution in [0.4, 0.5) is 0 Å². The molecule has 0 amide bonds. The first-order chi connectivity index (χ1) is 5.82. The lowest BCUT2D eigenvalue weighted by atomic mass is 9.88. The van der Waals surface area contributed by atoms with Crippen LogP contribution in [0.15, 0.2) is 0 Å². The minimum atomic E-state index is -0.411. The van der Waals surface area contributed by atoms with E-state index >= 15 is 0 Å². The number of hydrogen-bond acceptors (Lipinski definition) is 3. The van der Waals surface area contributed by atoms with E-state index in [1.165, 1.54) is 0 Å². The van der Waals surface area contributed by atoms with Gasteiger partial charge in [0.2, 0.25) is 0 Å². The molecule has 3 heteroatoms. The molecule has 3 fully saturated rings. The molecular formula is C9H12O3. The molecule has 2 aliphatic heterocycles. The summed E-state index contributed by atoms with van der Waals surface area (Å²) in [5, 5.41) is 0. The summed E-state index contributed by atoms with van der Waals surface area (Å²) in [6, 6.07) is 0. The number of rotatable bonds is 0. The monoisotopic (exact) mass is 168 g/mol. The summed E-state index contributed by atoms with van der Waals surface area (Å²) in [7, 11) is 0. The molecule has 0 N–H and O–H groups in total. The minimum absolute atomic E-state index is 0.253. The Morgan fingerprint density at radius 2 is 2.08 bits per heavy atom. The van der Waals surface area contributed by atoms with Crippen LogP contribution in [0.1, 0.15) is 19.3 Å². The summed E-state index contributed by atoms with van der Waals surface area (Å²) in [5.74, 6) is 0.610. The van der Waals surface area contributed by atoms with Crippen molar-refractivity contribution in [3.8, 4) is 0 Å². The van der Waals surface area contributed by atoms with Crippen molar-refractivity contribution in [3.63, 3.8) is 0 Å². The third-order valence-electron chi connectivity index (χ3n) is 3.20. The predicted octanol–water partition coefficient (Wildman–Crippen LogP) is 0.523. The van der Waals surface area contributed by atoms with Crippen molar-refractivity contribution in [3.05, 3.63) is 0 Å². The lowest BCUT2D eigenvalue weighted by Gasteiger charge is -2.32. The quantitative estimate of drug-likeness (QED) is 0.529. The van der Waals surface area contributed by atoms with E-state index in [1.807, 2.05) is 0 Å². The first-order valence-electron chi connectivity index (χ1n) is 4.62. The van der Waals surface area contributed by atoms with E-state index in [-0.39, 0.29) is 12.0 Å². The average molecular weight is 168 g/mol. The molecule has 0 aromatic heterocycles. The van der Waals surface area contributed by atoms with Crippen molar-refractivity contribution in [2.75, 3.05) is 13.2 Å². The standard InChI is InChI=1S/C9H12O3/c10-8-6-5-7(6)12-9(8)1-3-11-4-2-9/h6-7H,1-5H2. The highest BCUT2D eigenvalue weighted by atomic mass is 16.5. The molecule has 1 aliphatic carbocycles.